The molecule has 0 saturated carbocycles. The Morgan fingerprint density at radius 2 is 2.06 bits per heavy atom. The lowest BCUT2D eigenvalue weighted by atomic mass is 9.95. The molecule has 0 fully saturated rings. The number of carbonyl (C=O) groups excluding carboxylic acids is 2. The second-order valence-corrected chi connectivity index (χ2v) is 3.92. The zero-order valence-electron chi connectivity index (χ0n) is 10.6. The second-order valence-electron chi connectivity index (χ2n) is 3.92. The molecule has 0 aliphatic rings. The summed E-state index contributed by atoms with van der Waals surface area (Å²) in [5.74, 6) is -0.826. The SMILES string of the molecule is CCOC(=O)C(Cc1c(C)noc1C)C(C)=O. The van der Waals surface area contributed by atoms with E-state index in [2.05, 4.69) is 5.16 Å². The molecule has 1 aromatic heterocycles. The third kappa shape index (κ3) is 3.15. The van der Waals surface area contributed by atoms with Crippen LogP contribution in [0.3, 0.4) is 0 Å². The molecular weight excluding hydrogens is 222 g/mol. The van der Waals surface area contributed by atoms with Crippen LogP contribution in [0.2, 0.25) is 0 Å². The molecule has 1 atom stereocenters. The predicted molar refractivity (Wildman–Crippen MR) is 60.5 cm³/mol. The summed E-state index contributed by atoms with van der Waals surface area (Å²) in [5.41, 5.74) is 1.51. The van der Waals surface area contributed by atoms with Gasteiger partial charge < -0.3 is 9.26 Å². The Bertz CT molecular complexity index is 403. The van der Waals surface area contributed by atoms with Gasteiger partial charge >= 0.3 is 5.97 Å². The molecule has 1 unspecified atom stereocenters. The van der Waals surface area contributed by atoms with Crippen LogP contribution < -0.4 is 0 Å². The first-order valence-corrected chi connectivity index (χ1v) is 5.56. The van der Waals surface area contributed by atoms with E-state index in [1.54, 1.807) is 20.8 Å². The van der Waals surface area contributed by atoms with Gasteiger partial charge in [-0.3, -0.25) is 9.59 Å². The number of aromatic nitrogens is 1. The van der Waals surface area contributed by atoms with Crippen LogP contribution in [0.25, 0.3) is 0 Å². The summed E-state index contributed by atoms with van der Waals surface area (Å²) in [6, 6.07) is 0. The number of hydrogen-bond acceptors (Lipinski definition) is 5. The summed E-state index contributed by atoms with van der Waals surface area (Å²) in [5, 5.41) is 3.80. The van der Waals surface area contributed by atoms with E-state index < -0.39 is 11.9 Å². The second kappa shape index (κ2) is 5.61. The van der Waals surface area contributed by atoms with Gasteiger partial charge in [0.15, 0.2) is 0 Å². The molecular formula is C12H17NO4. The van der Waals surface area contributed by atoms with Gasteiger partial charge in [-0.15, -0.1) is 0 Å². The van der Waals surface area contributed by atoms with Crippen molar-refractivity contribution in [1.82, 2.24) is 5.16 Å². The van der Waals surface area contributed by atoms with Crippen LogP contribution in [0.1, 0.15) is 30.9 Å². The van der Waals surface area contributed by atoms with Crippen molar-refractivity contribution in [3.63, 3.8) is 0 Å². The van der Waals surface area contributed by atoms with Crippen molar-refractivity contribution in [3.8, 4) is 0 Å². The molecule has 0 radical (unpaired) electrons. The Morgan fingerprint density at radius 1 is 1.41 bits per heavy atom. The first-order valence-electron chi connectivity index (χ1n) is 5.56. The van der Waals surface area contributed by atoms with E-state index in [-0.39, 0.29) is 18.8 Å². The maximum atomic E-state index is 11.6. The first-order chi connectivity index (χ1) is 7.97. The standard InChI is InChI=1S/C12H17NO4/c1-5-16-12(15)11(8(3)14)6-10-7(2)13-17-9(10)4/h11H,5-6H2,1-4H3. The quantitative estimate of drug-likeness (QED) is 0.576. The van der Waals surface area contributed by atoms with Crippen molar-refractivity contribution >= 4 is 11.8 Å². The number of Topliss-reactive ketones (excluding diaryl/α,β-unsaturated/α-hetero) is 1. The van der Waals surface area contributed by atoms with Crippen LogP contribution in [-0.4, -0.2) is 23.5 Å². The molecule has 0 aliphatic heterocycles. The fraction of sp³-hybridized carbons (Fsp3) is 0.583. The van der Waals surface area contributed by atoms with E-state index in [0.717, 1.165) is 5.56 Å². The maximum Gasteiger partial charge on any atom is 0.316 e. The van der Waals surface area contributed by atoms with Gasteiger partial charge in [0.2, 0.25) is 0 Å². The Kier molecular flexibility index (Phi) is 4.43. The van der Waals surface area contributed by atoms with Crippen LogP contribution >= 0.6 is 0 Å². The van der Waals surface area contributed by atoms with Gasteiger partial charge in [0, 0.05) is 5.56 Å². The average Bonchev–Trinajstić information content (AvgIpc) is 2.55. The van der Waals surface area contributed by atoms with E-state index >= 15 is 0 Å². The van der Waals surface area contributed by atoms with E-state index in [4.69, 9.17) is 9.26 Å². The molecule has 0 aliphatic carbocycles. The van der Waals surface area contributed by atoms with Gasteiger partial charge in [-0.25, -0.2) is 0 Å². The van der Waals surface area contributed by atoms with E-state index in [9.17, 15) is 9.59 Å². The smallest absolute Gasteiger partial charge is 0.316 e. The molecule has 0 saturated heterocycles. The van der Waals surface area contributed by atoms with Gasteiger partial charge in [-0.2, -0.15) is 0 Å². The molecule has 5 heteroatoms. The number of hydrogen-bond donors (Lipinski definition) is 0. The van der Waals surface area contributed by atoms with Gasteiger partial charge in [-0.1, -0.05) is 5.16 Å². The number of aryl methyl sites for hydroxylation is 2. The van der Waals surface area contributed by atoms with E-state index in [0.29, 0.717) is 11.5 Å². The number of esters is 1. The molecule has 0 aromatic carbocycles. The van der Waals surface area contributed by atoms with Crippen LogP contribution in [0.5, 0.6) is 0 Å². The summed E-state index contributed by atoms with van der Waals surface area (Å²) < 4.78 is 9.89. The monoisotopic (exact) mass is 239 g/mol. The largest absolute Gasteiger partial charge is 0.465 e. The molecule has 0 bridgehead atoms. The van der Waals surface area contributed by atoms with E-state index in [1.807, 2.05) is 0 Å². The van der Waals surface area contributed by atoms with Gasteiger partial charge in [0.05, 0.1) is 12.3 Å². The van der Waals surface area contributed by atoms with Crippen molar-refractivity contribution < 1.29 is 18.8 Å². The number of ketones is 1. The zero-order valence-corrected chi connectivity index (χ0v) is 10.6. The number of carbonyl (C=O) groups is 2. The molecule has 1 rings (SSSR count). The van der Waals surface area contributed by atoms with E-state index in [1.165, 1.54) is 6.92 Å². The normalized spacial score (nSPS) is 12.2. The Morgan fingerprint density at radius 3 is 2.47 bits per heavy atom. The fourth-order valence-corrected chi connectivity index (χ4v) is 1.63. The minimum Gasteiger partial charge on any atom is -0.465 e. The van der Waals surface area contributed by atoms with Crippen LogP contribution in [0.15, 0.2) is 4.52 Å². The highest BCUT2D eigenvalue weighted by atomic mass is 16.5. The molecule has 5 nitrogen and oxygen atoms in total. The lowest BCUT2D eigenvalue weighted by Crippen LogP contribution is -2.26. The third-order valence-electron chi connectivity index (χ3n) is 2.65. The molecule has 0 amide bonds. The van der Waals surface area contributed by atoms with Crippen molar-refractivity contribution in [2.45, 2.75) is 34.1 Å². The molecule has 94 valence electrons. The van der Waals surface area contributed by atoms with Crippen molar-refractivity contribution in [2.75, 3.05) is 6.61 Å². The fourth-order valence-electron chi connectivity index (χ4n) is 1.63. The highest BCUT2D eigenvalue weighted by molar-refractivity contribution is 5.98. The number of ether oxygens (including phenoxy) is 1. The van der Waals surface area contributed by atoms with Crippen molar-refractivity contribution in [1.29, 1.82) is 0 Å². The zero-order chi connectivity index (χ0) is 13.0. The average molecular weight is 239 g/mol. The maximum absolute atomic E-state index is 11.6. The topological polar surface area (TPSA) is 69.4 Å². The first kappa shape index (κ1) is 13.4. The van der Waals surface area contributed by atoms with Crippen molar-refractivity contribution in [2.24, 2.45) is 5.92 Å². The molecule has 0 N–H and O–H groups in total. The van der Waals surface area contributed by atoms with Gasteiger partial charge in [-0.05, 0) is 34.1 Å². The molecule has 1 heterocycles. The van der Waals surface area contributed by atoms with Crippen LogP contribution in [0, 0.1) is 19.8 Å². The van der Waals surface area contributed by atoms with Crippen molar-refractivity contribution in [3.05, 3.63) is 17.0 Å². The summed E-state index contributed by atoms with van der Waals surface area (Å²) in [7, 11) is 0. The Labute approximate surface area is 100 Å². The lowest BCUT2D eigenvalue weighted by Gasteiger charge is -2.11. The highest BCUT2D eigenvalue weighted by Gasteiger charge is 2.27. The summed E-state index contributed by atoms with van der Waals surface area (Å²) >= 11 is 0. The Hall–Kier alpha value is -1.65. The minimum atomic E-state index is -0.772. The third-order valence-corrected chi connectivity index (χ3v) is 2.65. The van der Waals surface area contributed by atoms with Crippen LogP contribution in [-0.2, 0) is 20.7 Å². The number of rotatable bonds is 5. The minimum absolute atomic E-state index is 0.205. The molecule has 0 spiro atoms. The molecule has 17 heavy (non-hydrogen) atoms. The van der Waals surface area contributed by atoms with Gasteiger partial charge in [0.25, 0.3) is 0 Å². The summed E-state index contributed by atoms with van der Waals surface area (Å²) in [6.45, 7) is 6.92. The summed E-state index contributed by atoms with van der Waals surface area (Å²) in [6.07, 6.45) is 0.287. The Balaban J connectivity index is 2.88. The van der Waals surface area contributed by atoms with Crippen LogP contribution in [0.4, 0.5) is 0 Å². The molecule has 1 aromatic rings. The highest BCUT2D eigenvalue weighted by Crippen LogP contribution is 2.18. The number of nitrogens with zero attached hydrogens (tertiary/aromatic N) is 1. The predicted octanol–water partition coefficient (Wildman–Crippen LogP) is 1.60. The lowest BCUT2D eigenvalue weighted by molar-refractivity contribution is -0.151. The van der Waals surface area contributed by atoms with Gasteiger partial charge in [0.1, 0.15) is 17.5 Å². The summed E-state index contributed by atoms with van der Waals surface area (Å²) in [4.78, 5) is 23.1.